The molecule has 3 aromatic rings. The van der Waals surface area contributed by atoms with E-state index in [0.29, 0.717) is 27.2 Å². The van der Waals surface area contributed by atoms with Crippen LogP contribution in [-0.4, -0.2) is 43.3 Å². The zero-order chi connectivity index (χ0) is 22.1. The van der Waals surface area contributed by atoms with E-state index in [1.54, 1.807) is 25.2 Å². The molecule has 1 aliphatic rings. The second kappa shape index (κ2) is 8.83. The van der Waals surface area contributed by atoms with Gasteiger partial charge in [0, 0.05) is 16.6 Å². The van der Waals surface area contributed by atoms with Crippen LogP contribution in [0.25, 0.3) is 5.78 Å². The van der Waals surface area contributed by atoms with E-state index in [0.717, 1.165) is 36.1 Å². The maximum Gasteiger partial charge on any atom is 0.341 e. The van der Waals surface area contributed by atoms with Crippen LogP contribution in [0.5, 0.6) is 0 Å². The van der Waals surface area contributed by atoms with Gasteiger partial charge in [-0.1, -0.05) is 11.8 Å². The summed E-state index contributed by atoms with van der Waals surface area (Å²) in [5, 5.41) is 11.6. The lowest BCUT2D eigenvalue weighted by Gasteiger charge is -2.13. The molecule has 1 aliphatic carbocycles. The smallest absolute Gasteiger partial charge is 0.341 e. The summed E-state index contributed by atoms with van der Waals surface area (Å²) in [7, 11) is 0. The fraction of sp³-hybridized carbons (Fsp3) is 0.450. The number of aromatic amines is 1. The van der Waals surface area contributed by atoms with E-state index in [1.807, 2.05) is 0 Å². The van der Waals surface area contributed by atoms with Crippen LogP contribution < -0.4 is 10.9 Å². The van der Waals surface area contributed by atoms with Crippen molar-refractivity contribution in [3.05, 3.63) is 38.1 Å². The van der Waals surface area contributed by atoms with E-state index < -0.39 is 5.25 Å². The molecule has 0 aromatic carbocycles. The number of esters is 1. The van der Waals surface area contributed by atoms with Gasteiger partial charge in [0.2, 0.25) is 11.7 Å². The summed E-state index contributed by atoms with van der Waals surface area (Å²) in [6.07, 6.45) is 3.84. The number of nitrogens with one attached hydrogen (secondary N) is 2. The van der Waals surface area contributed by atoms with Crippen molar-refractivity contribution in [2.24, 2.45) is 0 Å². The van der Waals surface area contributed by atoms with Crippen molar-refractivity contribution in [3.63, 3.8) is 0 Å². The highest BCUT2D eigenvalue weighted by Crippen LogP contribution is 2.39. The van der Waals surface area contributed by atoms with Crippen molar-refractivity contribution in [1.82, 2.24) is 19.6 Å². The molecule has 9 nitrogen and oxygen atoms in total. The molecule has 1 atom stereocenters. The van der Waals surface area contributed by atoms with Crippen LogP contribution in [0, 0.1) is 6.92 Å². The largest absolute Gasteiger partial charge is 0.462 e. The van der Waals surface area contributed by atoms with E-state index in [4.69, 9.17) is 4.74 Å². The molecule has 11 heteroatoms. The Morgan fingerprint density at radius 1 is 1.35 bits per heavy atom. The Kier molecular flexibility index (Phi) is 6.15. The second-order valence-corrected chi connectivity index (χ2v) is 9.71. The fourth-order valence-electron chi connectivity index (χ4n) is 3.64. The minimum Gasteiger partial charge on any atom is -0.462 e. The van der Waals surface area contributed by atoms with E-state index in [-0.39, 0.29) is 24.0 Å². The number of fused-ring (bicyclic) bond motifs is 2. The Bertz CT molecular complexity index is 1210. The predicted molar refractivity (Wildman–Crippen MR) is 119 cm³/mol. The number of carbonyl (C=O) groups excluding carboxylic acids is 2. The third-order valence-electron chi connectivity index (χ3n) is 5.10. The van der Waals surface area contributed by atoms with Crippen LogP contribution >= 0.6 is 23.1 Å². The first kappa shape index (κ1) is 21.6. The van der Waals surface area contributed by atoms with Crippen molar-refractivity contribution in [3.8, 4) is 0 Å². The highest BCUT2D eigenvalue weighted by molar-refractivity contribution is 8.00. The maximum atomic E-state index is 13.0. The number of nitrogens with zero attached hydrogens (tertiary/aromatic N) is 3. The summed E-state index contributed by atoms with van der Waals surface area (Å²) >= 11 is 2.69. The summed E-state index contributed by atoms with van der Waals surface area (Å²) in [6, 6.07) is 1.45. The lowest BCUT2D eigenvalue weighted by atomic mass is 9.95. The van der Waals surface area contributed by atoms with Crippen molar-refractivity contribution in [2.75, 3.05) is 11.9 Å². The number of aryl methyl sites for hydroxylation is 2. The number of rotatable bonds is 6. The van der Waals surface area contributed by atoms with Crippen LogP contribution in [0.3, 0.4) is 0 Å². The van der Waals surface area contributed by atoms with E-state index >= 15 is 0 Å². The van der Waals surface area contributed by atoms with Gasteiger partial charge < -0.3 is 10.1 Å². The molecule has 0 radical (unpaired) electrons. The number of carbonyl (C=O) groups is 2. The molecule has 0 bridgehead atoms. The Morgan fingerprint density at radius 3 is 2.90 bits per heavy atom. The molecule has 31 heavy (non-hydrogen) atoms. The molecular weight excluding hydrogens is 438 g/mol. The zero-order valence-electron chi connectivity index (χ0n) is 17.5. The summed E-state index contributed by atoms with van der Waals surface area (Å²) in [4.78, 5) is 41.0. The average molecular weight is 462 g/mol. The Labute approximate surface area is 186 Å². The van der Waals surface area contributed by atoms with Gasteiger partial charge in [0.1, 0.15) is 5.00 Å². The van der Waals surface area contributed by atoms with Gasteiger partial charge in [-0.05, 0) is 52.0 Å². The van der Waals surface area contributed by atoms with Gasteiger partial charge in [-0.3, -0.25) is 19.0 Å². The van der Waals surface area contributed by atoms with Gasteiger partial charge in [-0.25, -0.2) is 4.79 Å². The molecular formula is C20H23N5O4S2. The molecule has 3 heterocycles. The quantitative estimate of drug-likeness (QED) is 0.428. The Morgan fingerprint density at radius 2 is 2.13 bits per heavy atom. The van der Waals surface area contributed by atoms with Crippen molar-refractivity contribution in [1.29, 1.82) is 0 Å². The molecule has 0 saturated heterocycles. The van der Waals surface area contributed by atoms with Crippen LogP contribution in [-0.2, 0) is 22.4 Å². The first-order valence-corrected chi connectivity index (χ1v) is 11.8. The first-order chi connectivity index (χ1) is 14.9. The summed E-state index contributed by atoms with van der Waals surface area (Å²) < 4.78 is 6.95. The third kappa shape index (κ3) is 4.24. The standard InChI is InChI=1S/C20H23N5O4S2/c1-4-29-18(28)15-12-7-5-6-8-13(12)31-17(15)22-16(27)11(3)30-20-24-23-19-21-14(26)9-10(2)25(19)20/h9,11H,4-8H2,1-3H3,(H,22,27)(H,21,23,26)/t11-/m1/s1. The summed E-state index contributed by atoms with van der Waals surface area (Å²) in [5.74, 6) is -0.302. The summed E-state index contributed by atoms with van der Waals surface area (Å²) in [6.45, 7) is 5.60. The van der Waals surface area contributed by atoms with Gasteiger partial charge in [-0.15, -0.1) is 21.5 Å². The molecule has 0 fully saturated rings. The SMILES string of the molecule is CCOC(=O)c1c(NC(=O)[C@@H](C)Sc2nnc3[nH]c(=O)cc(C)n23)sc2c1CCCC2. The van der Waals surface area contributed by atoms with Crippen molar-refractivity contribution in [2.45, 2.75) is 56.9 Å². The molecule has 0 unspecified atom stereocenters. The minimum atomic E-state index is -0.507. The first-order valence-electron chi connectivity index (χ1n) is 10.1. The lowest BCUT2D eigenvalue weighted by Crippen LogP contribution is -2.23. The van der Waals surface area contributed by atoms with Crippen molar-refractivity contribution < 1.29 is 14.3 Å². The topological polar surface area (TPSA) is 118 Å². The number of anilines is 1. The highest BCUT2D eigenvalue weighted by atomic mass is 32.2. The zero-order valence-corrected chi connectivity index (χ0v) is 19.1. The van der Waals surface area contributed by atoms with Crippen LogP contribution in [0.1, 0.15) is 53.2 Å². The Hall–Kier alpha value is -2.66. The molecule has 1 amide bonds. The lowest BCUT2D eigenvalue weighted by molar-refractivity contribution is -0.115. The van der Waals surface area contributed by atoms with Gasteiger partial charge in [0.05, 0.1) is 17.4 Å². The number of aromatic nitrogens is 4. The molecule has 164 valence electrons. The second-order valence-electron chi connectivity index (χ2n) is 7.30. The minimum absolute atomic E-state index is 0.243. The molecule has 2 N–H and O–H groups in total. The summed E-state index contributed by atoms with van der Waals surface area (Å²) in [5.41, 5.74) is 1.92. The number of H-pyrrole nitrogens is 1. The van der Waals surface area contributed by atoms with Crippen LogP contribution in [0.15, 0.2) is 16.0 Å². The fourth-order valence-corrected chi connectivity index (χ4v) is 5.83. The van der Waals surface area contributed by atoms with Gasteiger partial charge in [0.15, 0.2) is 5.16 Å². The van der Waals surface area contributed by atoms with Gasteiger partial charge in [0.25, 0.3) is 5.56 Å². The van der Waals surface area contributed by atoms with E-state index in [1.165, 1.54) is 29.2 Å². The molecule has 0 spiro atoms. The third-order valence-corrected chi connectivity index (χ3v) is 7.35. The molecule has 0 saturated carbocycles. The Balaban J connectivity index is 1.57. The number of thioether (sulfide) groups is 1. The van der Waals surface area contributed by atoms with Crippen LogP contribution in [0.4, 0.5) is 5.00 Å². The maximum absolute atomic E-state index is 13.0. The van der Waals surface area contributed by atoms with Gasteiger partial charge in [-0.2, -0.15) is 0 Å². The number of thiophene rings is 1. The number of ether oxygens (including phenoxy) is 1. The average Bonchev–Trinajstić information content (AvgIpc) is 3.28. The number of hydrogen-bond acceptors (Lipinski definition) is 8. The number of amides is 1. The normalized spacial score (nSPS) is 14.3. The van der Waals surface area contributed by atoms with Crippen molar-refractivity contribution >= 4 is 45.8 Å². The van der Waals surface area contributed by atoms with Gasteiger partial charge >= 0.3 is 5.97 Å². The highest BCUT2D eigenvalue weighted by Gasteiger charge is 2.28. The molecule has 0 aliphatic heterocycles. The monoisotopic (exact) mass is 461 g/mol. The molecule has 4 rings (SSSR count). The predicted octanol–water partition coefficient (Wildman–Crippen LogP) is 2.96. The van der Waals surface area contributed by atoms with E-state index in [9.17, 15) is 14.4 Å². The van der Waals surface area contributed by atoms with E-state index in [2.05, 4.69) is 20.5 Å². The number of hydrogen-bond donors (Lipinski definition) is 2. The molecule has 3 aromatic heterocycles. The van der Waals surface area contributed by atoms with Crippen LogP contribution in [0.2, 0.25) is 0 Å².